The maximum absolute atomic E-state index is 13.0. The van der Waals surface area contributed by atoms with Crippen LogP contribution in [0, 0.1) is 5.82 Å². The van der Waals surface area contributed by atoms with Gasteiger partial charge in [-0.25, -0.2) is 4.39 Å². The molecule has 25 heavy (non-hydrogen) atoms. The van der Waals surface area contributed by atoms with Crippen LogP contribution in [0.4, 0.5) is 4.39 Å². The van der Waals surface area contributed by atoms with Crippen LogP contribution in [0.3, 0.4) is 0 Å². The molecule has 1 aromatic rings. The molecule has 0 aliphatic heterocycles. The van der Waals surface area contributed by atoms with Gasteiger partial charge in [0.1, 0.15) is 5.82 Å². The summed E-state index contributed by atoms with van der Waals surface area (Å²) in [6, 6.07) is 6.56. The molecule has 7 heteroatoms. The zero-order chi connectivity index (χ0) is 17.6. The summed E-state index contributed by atoms with van der Waals surface area (Å²) in [6.45, 7) is 6.31. The number of ether oxygens (including phenoxy) is 2. The van der Waals surface area contributed by atoms with Gasteiger partial charge in [-0.2, -0.15) is 0 Å². The average Bonchev–Trinajstić information content (AvgIpc) is 2.58. The van der Waals surface area contributed by atoms with Crippen LogP contribution in [0.15, 0.2) is 29.3 Å². The molecule has 0 fully saturated rings. The number of rotatable bonds is 11. The number of methoxy groups -OCH3 is 1. The number of hydrogen-bond acceptors (Lipinski definition) is 3. The standard InChI is InChI=1S/C18H30FN3O2.HI/c1-4-20-18(21-11-5-6-12-24-14-13-23-3)22(2)15-16-7-9-17(19)10-8-16;/h7-10H,4-6,11-15H2,1-3H3,(H,20,21);1H. The highest BCUT2D eigenvalue weighted by atomic mass is 127. The largest absolute Gasteiger partial charge is 0.382 e. The smallest absolute Gasteiger partial charge is 0.193 e. The quantitative estimate of drug-likeness (QED) is 0.235. The molecule has 0 aliphatic rings. The Balaban J connectivity index is 0.00000576. The number of benzene rings is 1. The Hall–Kier alpha value is -0.930. The zero-order valence-corrected chi connectivity index (χ0v) is 17.8. The lowest BCUT2D eigenvalue weighted by Crippen LogP contribution is -2.38. The van der Waals surface area contributed by atoms with Crippen molar-refractivity contribution in [3.8, 4) is 0 Å². The monoisotopic (exact) mass is 467 g/mol. The fraction of sp³-hybridized carbons (Fsp3) is 0.611. The van der Waals surface area contributed by atoms with Gasteiger partial charge in [0.2, 0.25) is 0 Å². The third kappa shape index (κ3) is 11.3. The lowest BCUT2D eigenvalue weighted by Gasteiger charge is -2.22. The number of halogens is 2. The molecule has 1 aromatic carbocycles. The summed E-state index contributed by atoms with van der Waals surface area (Å²) in [5, 5.41) is 3.29. The number of nitrogens with zero attached hydrogens (tertiary/aromatic N) is 2. The Labute approximate surface area is 168 Å². The molecule has 0 spiro atoms. The van der Waals surface area contributed by atoms with Gasteiger partial charge in [-0.1, -0.05) is 12.1 Å². The van der Waals surface area contributed by atoms with Crippen LogP contribution in [0.5, 0.6) is 0 Å². The summed E-state index contributed by atoms with van der Waals surface area (Å²) in [5.41, 5.74) is 1.05. The highest BCUT2D eigenvalue weighted by molar-refractivity contribution is 14.0. The molecule has 144 valence electrons. The molecular formula is C18H31FIN3O2. The average molecular weight is 467 g/mol. The SMILES string of the molecule is CCNC(=NCCCCOCCOC)N(C)Cc1ccc(F)cc1.I. The van der Waals surface area contributed by atoms with E-state index in [1.54, 1.807) is 19.2 Å². The molecule has 0 saturated heterocycles. The van der Waals surface area contributed by atoms with Gasteiger partial charge in [0.25, 0.3) is 0 Å². The third-order valence-corrected chi connectivity index (χ3v) is 3.42. The Bertz CT molecular complexity index is 472. The summed E-state index contributed by atoms with van der Waals surface area (Å²) in [6.07, 6.45) is 1.96. The first kappa shape index (κ1) is 24.1. The van der Waals surface area contributed by atoms with Crippen molar-refractivity contribution in [3.63, 3.8) is 0 Å². The van der Waals surface area contributed by atoms with Gasteiger partial charge in [0, 0.05) is 40.4 Å². The van der Waals surface area contributed by atoms with Crippen LogP contribution in [-0.4, -0.2) is 57.9 Å². The Morgan fingerprint density at radius 2 is 1.88 bits per heavy atom. The van der Waals surface area contributed by atoms with Crippen molar-refractivity contribution in [3.05, 3.63) is 35.6 Å². The number of unbranched alkanes of at least 4 members (excludes halogenated alkanes) is 1. The van der Waals surface area contributed by atoms with E-state index >= 15 is 0 Å². The number of nitrogens with one attached hydrogen (secondary N) is 1. The second-order valence-electron chi connectivity index (χ2n) is 5.53. The Morgan fingerprint density at radius 3 is 2.52 bits per heavy atom. The van der Waals surface area contributed by atoms with Gasteiger partial charge < -0.3 is 19.7 Å². The second-order valence-corrected chi connectivity index (χ2v) is 5.53. The summed E-state index contributed by atoms with van der Waals surface area (Å²) < 4.78 is 23.3. The van der Waals surface area contributed by atoms with Crippen molar-refractivity contribution in [2.24, 2.45) is 4.99 Å². The van der Waals surface area contributed by atoms with Crippen molar-refractivity contribution >= 4 is 29.9 Å². The third-order valence-electron chi connectivity index (χ3n) is 3.42. The lowest BCUT2D eigenvalue weighted by atomic mass is 10.2. The predicted octanol–water partition coefficient (Wildman–Crippen LogP) is 3.28. The van der Waals surface area contributed by atoms with E-state index in [9.17, 15) is 4.39 Å². The van der Waals surface area contributed by atoms with Gasteiger partial charge >= 0.3 is 0 Å². The maximum atomic E-state index is 13.0. The summed E-state index contributed by atoms with van der Waals surface area (Å²) in [7, 11) is 3.65. The molecule has 0 saturated carbocycles. The highest BCUT2D eigenvalue weighted by Crippen LogP contribution is 2.06. The van der Waals surface area contributed by atoms with Crippen molar-refractivity contribution < 1.29 is 13.9 Å². The van der Waals surface area contributed by atoms with Gasteiger partial charge in [0.15, 0.2) is 5.96 Å². The molecular weight excluding hydrogens is 436 g/mol. The maximum Gasteiger partial charge on any atom is 0.193 e. The minimum Gasteiger partial charge on any atom is -0.382 e. The molecule has 0 unspecified atom stereocenters. The molecule has 0 heterocycles. The number of aliphatic imine (C=N–C) groups is 1. The number of guanidine groups is 1. The fourth-order valence-electron chi connectivity index (χ4n) is 2.15. The van der Waals surface area contributed by atoms with Gasteiger partial charge in [-0.05, 0) is 37.5 Å². The molecule has 0 radical (unpaired) electrons. The van der Waals surface area contributed by atoms with Crippen LogP contribution < -0.4 is 5.32 Å². The van der Waals surface area contributed by atoms with Crippen molar-refractivity contribution in [1.82, 2.24) is 10.2 Å². The van der Waals surface area contributed by atoms with E-state index in [1.165, 1.54) is 12.1 Å². The van der Waals surface area contributed by atoms with E-state index in [-0.39, 0.29) is 29.8 Å². The first-order valence-electron chi connectivity index (χ1n) is 8.48. The summed E-state index contributed by atoms with van der Waals surface area (Å²) >= 11 is 0. The van der Waals surface area contributed by atoms with Crippen LogP contribution in [-0.2, 0) is 16.0 Å². The summed E-state index contributed by atoms with van der Waals surface area (Å²) in [4.78, 5) is 6.69. The van der Waals surface area contributed by atoms with E-state index in [1.807, 2.05) is 18.9 Å². The lowest BCUT2D eigenvalue weighted by molar-refractivity contribution is 0.0690. The minimum atomic E-state index is -0.213. The van der Waals surface area contributed by atoms with Crippen molar-refractivity contribution in [2.75, 3.05) is 47.1 Å². The normalized spacial score (nSPS) is 11.1. The van der Waals surface area contributed by atoms with E-state index in [2.05, 4.69) is 10.3 Å². The van der Waals surface area contributed by atoms with E-state index in [0.717, 1.165) is 44.1 Å². The van der Waals surface area contributed by atoms with Crippen LogP contribution in [0.2, 0.25) is 0 Å². The zero-order valence-electron chi connectivity index (χ0n) is 15.5. The van der Waals surface area contributed by atoms with E-state index in [0.29, 0.717) is 19.8 Å². The van der Waals surface area contributed by atoms with Crippen molar-refractivity contribution in [1.29, 1.82) is 0 Å². The minimum absolute atomic E-state index is 0. The van der Waals surface area contributed by atoms with Gasteiger partial charge in [-0.15, -0.1) is 24.0 Å². The molecule has 5 nitrogen and oxygen atoms in total. The molecule has 0 bridgehead atoms. The molecule has 1 rings (SSSR count). The first-order valence-corrected chi connectivity index (χ1v) is 8.48. The van der Waals surface area contributed by atoms with Crippen LogP contribution >= 0.6 is 24.0 Å². The molecule has 0 aromatic heterocycles. The molecule has 1 N–H and O–H groups in total. The summed E-state index contributed by atoms with van der Waals surface area (Å²) in [5.74, 6) is 0.650. The number of hydrogen-bond donors (Lipinski definition) is 1. The first-order chi connectivity index (χ1) is 11.7. The van der Waals surface area contributed by atoms with Crippen molar-refractivity contribution in [2.45, 2.75) is 26.3 Å². The topological polar surface area (TPSA) is 46.1 Å². The van der Waals surface area contributed by atoms with Crippen LogP contribution in [0.25, 0.3) is 0 Å². The highest BCUT2D eigenvalue weighted by Gasteiger charge is 2.06. The van der Waals surface area contributed by atoms with Gasteiger partial charge in [0.05, 0.1) is 13.2 Å². The Morgan fingerprint density at radius 1 is 1.16 bits per heavy atom. The molecule has 0 aliphatic carbocycles. The Kier molecular flexibility index (Phi) is 14.8. The second kappa shape index (κ2) is 15.3. The fourth-order valence-corrected chi connectivity index (χ4v) is 2.15. The molecule has 0 atom stereocenters. The van der Waals surface area contributed by atoms with Crippen LogP contribution in [0.1, 0.15) is 25.3 Å². The van der Waals surface area contributed by atoms with Gasteiger partial charge in [-0.3, -0.25) is 4.99 Å². The predicted molar refractivity (Wildman–Crippen MR) is 111 cm³/mol. The molecule has 0 amide bonds. The van der Waals surface area contributed by atoms with E-state index in [4.69, 9.17) is 9.47 Å². The van der Waals surface area contributed by atoms with E-state index < -0.39 is 0 Å².